The second-order valence-corrected chi connectivity index (χ2v) is 6.58. The minimum atomic E-state index is 0.632. The summed E-state index contributed by atoms with van der Waals surface area (Å²) in [6, 6.07) is 8.84. The van der Waals surface area contributed by atoms with E-state index in [4.69, 9.17) is 5.73 Å². The topological polar surface area (TPSA) is 42.1 Å². The lowest BCUT2D eigenvalue weighted by Crippen LogP contribution is -2.35. The van der Waals surface area contributed by atoms with E-state index in [1.807, 2.05) is 12.1 Å². The molecule has 0 atom stereocenters. The molecule has 112 valence electrons. The Kier molecular flexibility index (Phi) is 3.75. The van der Waals surface area contributed by atoms with Crippen LogP contribution in [0.15, 0.2) is 24.3 Å². The van der Waals surface area contributed by atoms with Gasteiger partial charge in [-0.25, -0.2) is 0 Å². The molecule has 0 aliphatic heterocycles. The molecule has 2 aromatic rings. The first-order valence-electron chi connectivity index (χ1n) is 7.94. The van der Waals surface area contributed by atoms with Crippen molar-refractivity contribution in [2.45, 2.75) is 45.6 Å². The van der Waals surface area contributed by atoms with Crippen molar-refractivity contribution >= 4 is 22.3 Å². The number of anilines is 2. The highest BCUT2D eigenvalue weighted by molar-refractivity contribution is 5.94. The summed E-state index contributed by atoms with van der Waals surface area (Å²) >= 11 is 0. The zero-order chi connectivity index (χ0) is 15.0. The highest BCUT2D eigenvalue weighted by Crippen LogP contribution is 2.33. The quantitative estimate of drug-likeness (QED) is 0.842. The summed E-state index contributed by atoms with van der Waals surface area (Å²) in [6.07, 6.45) is 5.23. The number of aromatic nitrogens is 1. The minimum Gasteiger partial charge on any atom is -0.399 e. The molecule has 3 nitrogen and oxygen atoms in total. The molecule has 0 radical (unpaired) electrons. The van der Waals surface area contributed by atoms with Gasteiger partial charge in [0.25, 0.3) is 0 Å². The molecule has 1 aromatic carbocycles. The fraction of sp³-hybridized carbons (Fsp3) is 0.500. The number of pyridine rings is 1. The Labute approximate surface area is 127 Å². The average Bonchev–Trinajstić information content (AvgIpc) is 2.47. The molecule has 1 aliphatic rings. The van der Waals surface area contributed by atoms with E-state index in [-0.39, 0.29) is 0 Å². The summed E-state index contributed by atoms with van der Waals surface area (Å²) < 4.78 is 0. The molecule has 0 amide bonds. The summed E-state index contributed by atoms with van der Waals surface area (Å²) in [5.74, 6) is 0.876. The van der Waals surface area contributed by atoms with Crippen molar-refractivity contribution < 1.29 is 0 Å². The van der Waals surface area contributed by atoms with Gasteiger partial charge >= 0.3 is 0 Å². The molecule has 0 bridgehead atoms. The molecule has 0 saturated heterocycles. The standard InChI is InChI=1S/C18H25N3/c1-12-4-7-15(8-5-12)21(3)18-10-13(2)20-17-9-6-14(19)11-16(17)18/h6,9-12,15H,4-5,7-8,19H2,1-3H3. The molecular formula is C18H25N3. The molecule has 21 heavy (non-hydrogen) atoms. The van der Waals surface area contributed by atoms with Crippen LogP contribution in [0.2, 0.25) is 0 Å². The molecule has 3 heteroatoms. The first kappa shape index (κ1) is 14.2. The van der Waals surface area contributed by atoms with Crippen LogP contribution in [-0.2, 0) is 0 Å². The highest BCUT2D eigenvalue weighted by Gasteiger charge is 2.23. The first-order chi connectivity index (χ1) is 10.0. The summed E-state index contributed by atoms with van der Waals surface area (Å²) in [4.78, 5) is 7.08. The van der Waals surface area contributed by atoms with Crippen LogP contribution in [0, 0.1) is 12.8 Å². The summed E-state index contributed by atoms with van der Waals surface area (Å²) in [5, 5.41) is 1.17. The largest absolute Gasteiger partial charge is 0.399 e. The average molecular weight is 283 g/mol. The van der Waals surface area contributed by atoms with E-state index in [0.29, 0.717) is 6.04 Å². The number of nitrogens with zero attached hydrogens (tertiary/aromatic N) is 2. The fourth-order valence-electron chi connectivity index (χ4n) is 3.47. The van der Waals surface area contributed by atoms with Crippen LogP contribution >= 0.6 is 0 Å². The molecule has 2 N–H and O–H groups in total. The second kappa shape index (κ2) is 5.55. The van der Waals surface area contributed by atoms with Crippen LogP contribution in [-0.4, -0.2) is 18.1 Å². The van der Waals surface area contributed by atoms with Crippen molar-refractivity contribution in [3.05, 3.63) is 30.0 Å². The van der Waals surface area contributed by atoms with E-state index in [1.54, 1.807) is 0 Å². The van der Waals surface area contributed by atoms with Gasteiger partial charge in [0.2, 0.25) is 0 Å². The van der Waals surface area contributed by atoms with Gasteiger partial charge in [0.1, 0.15) is 0 Å². The predicted molar refractivity (Wildman–Crippen MR) is 90.7 cm³/mol. The molecule has 1 fully saturated rings. The Hall–Kier alpha value is -1.77. The van der Waals surface area contributed by atoms with Crippen molar-refractivity contribution in [3.8, 4) is 0 Å². The molecule has 1 saturated carbocycles. The zero-order valence-electron chi connectivity index (χ0n) is 13.3. The summed E-state index contributed by atoms with van der Waals surface area (Å²) in [5.41, 5.74) is 10.2. The van der Waals surface area contributed by atoms with Crippen LogP contribution in [0.1, 0.15) is 38.3 Å². The molecule has 1 heterocycles. The number of nitrogens with two attached hydrogens (primary N) is 1. The Morgan fingerprint density at radius 1 is 1.14 bits per heavy atom. The monoisotopic (exact) mass is 283 g/mol. The highest BCUT2D eigenvalue weighted by atomic mass is 15.1. The van der Waals surface area contributed by atoms with Gasteiger partial charge in [0, 0.05) is 35.5 Å². The number of aryl methyl sites for hydroxylation is 1. The molecular weight excluding hydrogens is 258 g/mol. The maximum absolute atomic E-state index is 5.98. The third-order valence-corrected chi connectivity index (χ3v) is 4.85. The zero-order valence-corrected chi connectivity index (χ0v) is 13.3. The number of benzene rings is 1. The molecule has 1 aromatic heterocycles. The lowest BCUT2D eigenvalue weighted by atomic mass is 9.86. The molecule has 1 aliphatic carbocycles. The van der Waals surface area contributed by atoms with Crippen molar-refractivity contribution in [2.75, 3.05) is 17.7 Å². The lowest BCUT2D eigenvalue weighted by molar-refractivity contribution is 0.341. The van der Waals surface area contributed by atoms with Crippen LogP contribution in [0.3, 0.4) is 0 Å². The SMILES string of the molecule is Cc1cc(N(C)C2CCC(C)CC2)c2cc(N)ccc2n1. The summed E-state index contributed by atoms with van der Waals surface area (Å²) in [6.45, 7) is 4.43. The van der Waals surface area contributed by atoms with E-state index in [9.17, 15) is 0 Å². The Morgan fingerprint density at radius 3 is 2.57 bits per heavy atom. The van der Waals surface area contributed by atoms with Crippen molar-refractivity contribution in [1.82, 2.24) is 4.98 Å². The number of hydrogen-bond donors (Lipinski definition) is 1. The Balaban J connectivity index is 2.00. The number of nitrogen functional groups attached to an aromatic ring is 1. The van der Waals surface area contributed by atoms with E-state index < -0.39 is 0 Å². The van der Waals surface area contributed by atoms with Crippen LogP contribution in [0.25, 0.3) is 10.9 Å². The van der Waals surface area contributed by atoms with Gasteiger partial charge in [-0.05, 0) is 62.8 Å². The number of rotatable bonds is 2. The number of fused-ring (bicyclic) bond motifs is 1. The van der Waals surface area contributed by atoms with Gasteiger partial charge in [0.15, 0.2) is 0 Å². The van der Waals surface area contributed by atoms with E-state index in [0.717, 1.165) is 22.8 Å². The maximum atomic E-state index is 5.98. The Morgan fingerprint density at radius 2 is 1.86 bits per heavy atom. The maximum Gasteiger partial charge on any atom is 0.0727 e. The van der Waals surface area contributed by atoms with E-state index >= 15 is 0 Å². The van der Waals surface area contributed by atoms with E-state index in [1.165, 1.54) is 36.8 Å². The van der Waals surface area contributed by atoms with Gasteiger partial charge in [-0.2, -0.15) is 0 Å². The van der Waals surface area contributed by atoms with Gasteiger partial charge in [-0.15, -0.1) is 0 Å². The predicted octanol–water partition coefficient (Wildman–Crippen LogP) is 4.14. The lowest BCUT2D eigenvalue weighted by Gasteiger charge is -2.35. The molecule has 3 rings (SSSR count). The van der Waals surface area contributed by atoms with Gasteiger partial charge in [-0.1, -0.05) is 6.92 Å². The minimum absolute atomic E-state index is 0.632. The second-order valence-electron chi connectivity index (χ2n) is 6.58. The molecule has 0 spiro atoms. The smallest absolute Gasteiger partial charge is 0.0727 e. The summed E-state index contributed by atoms with van der Waals surface area (Å²) in [7, 11) is 2.22. The number of hydrogen-bond acceptors (Lipinski definition) is 3. The third-order valence-electron chi connectivity index (χ3n) is 4.85. The van der Waals surface area contributed by atoms with Crippen LogP contribution in [0.5, 0.6) is 0 Å². The van der Waals surface area contributed by atoms with Gasteiger partial charge in [-0.3, -0.25) is 4.98 Å². The van der Waals surface area contributed by atoms with Gasteiger partial charge < -0.3 is 10.6 Å². The van der Waals surface area contributed by atoms with Crippen molar-refractivity contribution in [1.29, 1.82) is 0 Å². The fourth-order valence-corrected chi connectivity index (χ4v) is 3.47. The van der Waals surface area contributed by atoms with Gasteiger partial charge in [0.05, 0.1) is 5.52 Å². The normalized spacial score (nSPS) is 22.4. The van der Waals surface area contributed by atoms with E-state index in [2.05, 4.69) is 42.9 Å². The third kappa shape index (κ3) is 2.82. The Bertz CT molecular complexity index is 642. The molecule has 0 unspecified atom stereocenters. The van der Waals surface area contributed by atoms with Crippen molar-refractivity contribution in [3.63, 3.8) is 0 Å². The van der Waals surface area contributed by atoms with Crippen molar-refractivity contribution in [2.24, 2.45) is 5.92 Å². The van der Waals surface area contributed by atoms with Crippen LogP contribution in [0.4, 0.5) is 11.4 Å². The first-order valence-corrected chi connectivity index (χ1v) is 7.94. The van der Waals surface area contributed by atoms with Crippen LogP contribution < -0.4 is 10.6 Å².